The molecule has 0 aliphatic rings. The lowest BCUT2D eigenvalue weighted by atomic mass is 10.1. The lowest BCUT2D eigenvalue weighted by Gasteiger charge is -2.00. The van der Waals surface area contributed by atoms with Gasteiger partial charge in [0.1, 0.15) is 0 Å². The van der Waals surface area contributed by atoms with Gasteiger partial charge >= 0.3 is 0 Å². The van der Waals surface area contributed by atoms with Crippen LogP contribution in [0.25, 0.3) is 21.2 Å². The van der Waals surface area contributed by atoms with Crippen molar-refractivity contribution in [2.45, 2.75) is 0 Å². The van der Waals surface area contributed by atoms with Crippen molar-refractivity contribution in [2.75, 3.05) is 0 Å². The molecule has 0 aliphatic heterocycles. The first-order chi connectivity index (χ1) is 7.86. The van der Waals surface area contributed by atoms with Gasteiger partial charge in [0.2, 0.25) is 0 Å². The summed E-state index contributed by atoms with van der Waals surface area (Å²) in [5.41, 5.74) is 2.42. The van der Waals surface area contributed by atoms with Gasteiger partial charge in [-0.2, -0.15) is 0 Å². The third-order valence-corrected chi connectivity index (χ3v) is 4.13. The molecule has 4 heteroatoms. The third kappa shape index (κ3) is 2.23. The van der Waals surface area contributed by atoms with Crippen LogP contribution in [0.3, 0.4) is 0 Å². The summed E-state index contributed by atoms with van der Waals surface area (Å²) in [6.45, 7) is 0. The number of thiophene rings is 1. The number of rotatable bonds is 1. The Hall–Kier alpha value is -0.900. The minimum absolute atomic E-state index is 0. The van der Waals surface area contributed by atoms with Crippen molar-refractivity contribution in [1.29, 1.82) is 0 Å². The average molecular weight is 327 g/mol. The van der Waals surface area contributed by atoms with Crippen molar-refractivity contribution in [3.05, 3.63) is 52.6 Å². The predicted octanol–water partition coefficient (Wildman–Crippen LogP) is 5.15. The first-order valence-corrected chi connectivity index (χ1v) is 6.59. The standard InChI is InChI=1S/C13H8BrNS.ClH/c14-11-4-1-5-12-13(11)10(8-16-12)9-3-2-6-15-7-9;/h1-8H;1H. The maximum atomic E-state index is 4.17. The Morgan fingerprint density at radius 3 is 2.76 bits per heavy atom. The quantitative estimate of drug-likeness (QED) is 0.603. The molecule has 0 saturated heterocycles. The van der Waals surface area contributed by atoms with Crippen molar-refractivity contribution in [2.24, 2.45) is 0 Å². The summed E-state index contributed by atoms with van der Waals surface area (Å²) in [4.78, 5) is 4.17. The summed E-state index contributed by atoms with van der Waals surface area (Å²) < 4.78 is 2.44. The molecule has 0 radical (unpaired) electrons. The topological polar surface area (TPSA) is 12.9 Å². The third-order valence-electron chi connectivity index (χ3n) is 2.52. The van der Waals surface area contributed by atoms with Crippen molar-refractivity contribution in [3.63, 3.8) is 0 Å². The molecule has 0 saturated carbocycles. The van der Waals surface area contributed by atoms with E-state index in [4.69, 9.17) is 0 Å². The van der Waals surface area contributed by atoms with Gasteiger partial charge in [0.05, 0.1) is 0 Å². The molecule has 0 unspecified atom stereocenters. The highest BCUT2D eigenvalue weighted by atomic mass is 79.9. The van der Waals surface area contributed by atoms with Crippen LogP contribution in [0.5, 0.6) is 0 Å². The number of hydrogen-bond acceptors (Lipinski definition) is 2. The van der Waals surface area contributed by atoms with Crippen LogP contribution in [0.15, 0.2) is 52.6 Å². The summed E-state index contributed by atoms with van der Waals surface area (Å²) >= 11 is 5.38. The monoisotopic (exact) mass is 325 g/mol. The molecule has 0 aliphatic carbocycles. The van der Waals surface area contributed by atoms with E-state index < -0.39 is 0 Å². The van der Waals surface area contributed by atoms with E-state index in [9.17, 15) is 0 Å². The van der Waals surface area contributed by atoms with E-state index in [-0.39, 0.29) is 12.4 Å². The van der Waals surface area contributed by atoms with E-state index in [0.29, 0.717) is 0 Å². The fourth-order valence-corrected chi connectivity index (χ4v) is 3.48. The van der Waals surface area contributed by atoms with Gasteiger partial charge in [0, 0.05) is 38.1 Å². The molecule has 3 aromatic rings. The molecule has 2 heterocycles. The lowest BCUT2D eigenvalue weighted by Crippen LogP contribution is -1.77. The molecule has 17 heavy (non-hydrogen) atoms. The Bertz CT molecular complexity index is 636. The highest BCUT2D eigenvalue weighted by Gasteiger charge is 2.08. The first kappa shape index (κ1) is 12.6. The average Bonchev–Trinajstić information content (AvgIpc) is 2.75. The van der Waals surface area contributed by atoms with Crippen molar-refractivity contribution in [1.82, 2.24) is 4.98 Å². The molecule has 0 amide bonds. The van der Waals surface area contributed by atoms with E-state index in [0.717, 1.165) is 4.47 Å². The molecular formula is C13H9BrClNS. The number of nitrogens with zero attached hydrogens (tertiary/aromatic N) is 1. The van der Waals surface area contributed by atoms with Crippen LogP contribution in [0.2, 0.25) is 0 Å². The molecule has 0 bridgehead atoms. The fraction of sp³-hybridized carbons (Fsp3) is 0. The van der Waals surface area contributed by atoms with Gasteiger partial charge in [-0.3, -0.25) is 4.98 Å². The normalized spacial score (nSPS) is 10.2. The Kier molecular flexibility index (Phi) is 3.82. The Balaban J connectivity index is 0.00000108. The Labute approximate surface area is 118 Å². The second-order valence-electron chi connectivity index (χ2n) is 3.50. The van der Waals surface area contributed by atoms with Gasteiger partial charge in [-0.25, -0.2) is 0 Å². The Morgan fingerprint density at radius 1 is 1.12 bits per heavy atom. The number of benzene rings is 1. The molecule has 86 valence electrons. The molecule has 0 N–H and O–H groups in total. The SMILES string of the molecule is Brc1cccc2scc(-c3cccnc3)c12.Cl. The van der Waals surface area contributed by atoms with Crippen molar-refractivity contribution < 1.29 is 0 Å². The number of aromatic nitrogens is 1. The molecule has 3 rings (SSSR count). The predicted molar refractivity (Wildman–Crippen MR) is 80.0 cm³/mol. The molecule has 0 fully saturated rings. The second kappa shape index (κ2) is 5.17. The van der Waals surface area contributed by atoms with E-state index in [1.165, 1.54) is 21.2 Å². The van der Waals surface area contributed by atoms with Crippen LogP contribution in [-0.2, 0) is 0 Å². The summed E-state index contributed by atoms with van der Waals surface area (Å²) in [5, 5.41) is 3.47. The largest absolute Gasteiger partial charge is 0.264 e. The molecule has 1 aromatic carbocycles. The smallest absolute Gasteiger partial charge is 0.0360 e. The number of halogens is 2. The summed E-state index contributed by atoms with van der Waals surface area (Å²) in [6, 6.07) is 10.3. The van der Waals surface area contributed by atoms with Crippen LogP contribution in [0, 0.1) is 0 Å². The van der Waals surface area contributed by atoms with Gasteiger partial charge < -0.3 is 0 Å². The summed E-state index contributed by atoms with van der Waals surface area (Å²) in [5.74, 6) is 0. The second-order valence-corrected chi connectivity index (χ2v) is 5.27. The summed E-state index contributed by atoms with van der Waals surface area (Å²) in [7, 11) is 0. The molecule has 2 aromatic heterocycles. The lowest BCUT2D eigenvalue weighted by molar-refractivity contribution is 1.33. The van der Waals surface area contributed by atoms with E-state index >= 15 is 0 Å². The Morgan fingerprint density at radius 2 is 2.00 bits per heavy atom. The van der Waals surface area contributed by atoms with Crippen LogP contribution >= 0.6 is 39.7 Å². The van der Waals surface area contributed by atoms with Gasteiger partial charge in [-0.15, -0.1) is 23.7 Å². The molecule has 0 spiro atoms. The van der Waals surface area contributed by atoms with Gasteiger partial charge in [0.15, 0.2) is 0 Å². The zero-order valence-corrected chi connectivity index (χ0v) is 12.0. The maximum absolute atomic E-state index is 4.17. The molecule has 1 nitrogen and oxygen atoms in total. The highest BCUT2D eigenvalue weighted by Crippen LogP contribution is 2.37. The van der Waals surface area contributed by atoms with Crippen molar-refractivity contribution in [3.8, 4) is 11.1 Å². The van der Waals surface area contributed by atoms with Crippen LogP contribution in [0.1, 0.15) is 0 Å². The van der Waals surface area contributed by atoms with Crippen molar-refractivity contribution >= 4 is 49.8 Å². The van der Waals surface area contributed by atoms with Gasteiger partial charge in [-0.05, 0) is 23.6 Å². The zero-order chi connectivity index (χ0) is 11.0. The maximum Gasteiger partial charge on any atom is 0.0360 e. The number of hydrogen-bond donors (Lipinski definition) is 0. The first-order valence-electron chi connectivity index (χ1n) is 4.92. The van der Waals surface area contributed by atoms with Gasteiger partial charge in [0.25, 0.3) is 0 Å². The summed E-state index contributed by atoms with van der Waals surface area (Å²) in [6.07, 6.45) is 3.70. The fourth-order valence-electron chi connectivity index (χ4n) is 1.78. The van der Waals surface area contributed by atoms with Crippen LogP contribution in [-0.4, -0.2) is 4.98 Å². The minimum Gasteiger partial charge on any atom is -0.264 e. The van der Waals surface area contributed by atoms with Crippen LogP contribution < -0.4 is 0 Å². The van der Waals surface area contributed by atoms with E-state index in [1.807, 2.05) is 12.3 Å². The molecular weight excluding hydrogens is 318 g/mol. The minimum atomic E-state index is 0. The zero-order valence-electron chi connectivity index (χ0n) is 8.76. The van der Waals surface area contributed by atoms with Crippen LogP contribution in [0.4, 0.5) is 0 Å². The van der Waals surface area contributed by atoms with E-state index in [1.54, 1.807) is 17.5 Å². The number of pyridine rings is 1. The molecule has 0 atom stereocenters. The van der Waals surface area contributed by atoms with Gasteiger partial charge in [-0.1, -0.05) is 28.1 Å². The van der Waals surface area contributed by atoms with E-state index in [2.05, 4.69) is 50.6 Å². The highest BCUT2D eigenvalue weighted by molar-refractivity contribution is 9.10. The number of fused-ring (bicyclic) bond motifs is 1.